The Morgan fingerprint density at radius 2 is 1.92 bits per heavy atom. The van der Waals surface area contributed by atoms with Crippen molar-refractivity contribution in [1.82, 2.24) is 19.6 Å². The van der Waals surface area contributed by atoms with Crippen LogP contribution in [0.1, 0.15) is 22.5 Å². The molecule has 3 aromatic heterocycles. The molecule has 4 N–H and O–H groups in total. The Morgan fingerprint density at radius 3 is 2.64 bits per heavy atom. The topological polar surface area (TPSA) is 108 Å². The Hall–Kier alpha value is -3.35. The summed E-state index contributed by atoms with van der Waals surface area (Å²) in [5.74, 6) is 2.11. The van der Waals surface area contributed by atoms with Crippen molar-refractivity contribution in [1.29, 1.82) is 0 Å². The number of anilines is 2. The van der Waals surface area contributed by atoms with Crippen LogP contribution in [0.25, 0.3) is 17.2 Å². The number of nitrogens with zero attached hydrogens (tertiary/aromatic N) is 4. The number of aryl methyl sites for hydroxylation is 2. The normalized spacial score (nSPS) is 11.3. The van der Waals surface area contributed by atoms with Gasteiger partial charge in [0.05, 0.1) is 6.20 Å². The van der Waals surface area contributed by atoms with Crippen molar-refractivity contribution in [2.75, 3.05) is 11.5 Å². The van der Waals surface area contributed by atoms with Crippen LogP contribution in [0.2, 0.25) is 0 Å². The van der Waals surface area contributed by atoms with E-state index in [1.54, 1.807) is 10.7 Å². The zero-order valence-corrected chi connectivity index (χ0v) is 14.0. The van der Waals surface area contributed by atoms with Gasteiger partial charge in [0.15, 0.2) is 11.4 Å². The first-order valence-electron chi connectivity index (χ1n) is 7.92. The van der Waals surface area contributed by atoms with Crippen molar-refractivity contribution >= 4 is 17.3 Å². The monoisotopic (exact) mass is 334 g/mol. The number of hydrogen-bond donors (Lipinski definition) is 2. The molecule has 1 aromatic carbocycles. The molecule has 7 nitrogen and oxygen atoms in total. The molecule has 0 bridgehead atoms. The molecule has 126 valence electrons. The zero-order chi connectivity index (χ0) is 17.6. The Labute approximate surface area is 144 Å². The first-order chi connectivity index (χ1) is 12.0. The lowest BCUT2D eigenvalue weighted by molar-refractivity contribution is 0.541. The van der Waals surface area contributed by atoms with Gasteiger partial charge in [-0.05, 0) is 49.2 Å². The van der Waals surface area contributed by atoms with E-state index in [1.165, 1.54) is 0 Å². The molecule has 0 aliphatic rings. The summed E-state index contributed by atoms with van der Waals surface area (Å²) in [5, 5.41) is 4.43. The standard InChI is InChI=1S/C18H18N6O/c1-10-5-12(8-14(19)6-10)7-13-9-21-24-16(13)22-18(20)23-17(24)15-4-3-11(2)25-15/h3-6,8-9H,7,19H2,1-2H3,(H2,20,22). The maximum atomic E-state index is 5.95. The predicted octanol–water partition coefficient (Wildman–Crippen LogP) is 2.76. The summed E-state index contributed by atoms with van der Waals surface area (Å²) in [7, 11) is 0. The molecule has 0 atom stereocenters. The second-order valence-electron chi connectivity index (χ2n) is 6.15. The molecule has 4 aromatic rings. The summed E-state index contributed by atoms with van der Waals surface area (Å²) in [6, 6.07) is 9.72. The first-order valence-corrected chi connectivity index (χ1v) is 7.92. The van der Waals surface area contributed by atoms with Gasteiger partial charge in [0, 0.05) is 17.7 Å². The molecule has 0 saturated heterocycles. The van der Waals surface area contributed by atoms with Crippen molar-refractivity contribution in [3.8, 4) is 11.6 Å². The lowest BCUT2D eigenvalue weighted by Crippen LogP contribution is -2.05. The lowest BCUT2D eigenvalue weighted by Gasteiger charge is -2.05. The van der Waals surface area contributed by atoms with Gasteiger partial charge in [-0.1, -0.05) is 6.07 Å². The maximum absolute atomic E-state index is 5.95. The molecule has 0 fully saturated rings. The van der Waals surface area contributed by atoms with Gasteiger partial charge in [-0.25, -0.2) is 0 Å². The van der Waals surface area contributed by atoms with Gasteiger partial charge >= 0.3 is 0 Å². The first kappa shape index (κ1) is 15.2. The minimum atomic E-state index is 0.182. The molecule has 0 aliphatic carbocycles. The molecule has 3 heterocycles. The molecule has 7 heteroatoms. The molecule has 0 unspecified atom stereocenters. The van der Waals surface area contributed by atoms with Crippen LogP contribution in [-0.4, -0.2) is 19.6 Å². The fourth-order valence-corrected chi connectivity index (χ4v) is 2.99. The van der Waals surface area contributed by atoms with Gasteiger partial charge in [0.1, 0.15) is 5.76 Å². The summed E-state index contributed by atoms with van der Waals surface area (Å²) in [6.07, 6.45) is 2.43. The Morgan fingerprint density at radius 1 is 1.08 bits per heavy atom. The number of hydrogen-bond acceptors (Lipinski definition) is 6. The van der Waals surface area contributed by atoms with Crippen LogP contribution in [-0.2, 0) is 6.42 Å². The minimum absolute atomic E-state index is 0.182. The fraction of sp³-hybridized carbons (Fsp3) is 0.167. The number of aromatic nitrogens is 4. The van der Waals surface area contributed by atoms with Crippen molar-refractivity contribution in [2.45, 2.75) is 20.3 Å². The Kier molecular flexibility index (Phi) is 3.42. The average molecular weight is 334 g/mol. The molecule has 0 saturated carbocycles. The lowest BCUT2D eigenvalue weighted by atomic mass is 10.0. The number of benzene rings is 1. The second kappa shape index (κ2) is 5.62. The summed E-state index contributed by atoms with van der Waals surface area (Å²) >= 11 is 0. The van der Waals surface area contributed by atoms with E-state index in [4.69, 9.17) is 15.9 Å². The Balaban J connectivity index is 1.82. The quantitative estimate of drug-likeness (QED) is 0.558. The van der Waals surface area contributed by atoms with Crippen LogP contribution < -0.4 is 11.5 Å². The van der Waals surface area contributed by atoms with E-state index in [2.05, 4.69) is 21.1 Å². The van der Waals surface area contributed by atoms with Gasteiger partial charge in [0.2, 0.25) is 11.8 Å². The Bertz CT molecular complexity index is 1060. The van der Waals surface area contributed by atoms with Crippen molar-refractivity contribution in [2.24, 2.45) is 0 Å². The van der Waals surface area contributed by atoms with E-state index < -0.39 is 0 Å². The summed E-state index contributed by atoms with van der Waals surface area (Å²) in [4.78, 5) is 8.65. The molecular weight excluding hydrogens is 316 g/mol. The third kappa shape index (κ3) is 2.80. The largest absolute Gasteiger partial charge is 0.458 e. The van der Waals surface area contributed by atoms with E-state index in [1.807, 2.05) is 38.1 Å². The van der Waals surface area contributed by atoms with Crippen LogP contribution in [0.4, 0.5) is 11.6 Å². The summed E-state index contributed by atoms with van der Waals surface area (Å²) in [6.45, 7) is 3.90. The number of nitrogens with two attached hydrogens (primary N) is 2. The molecule has 4 rings (SSSR count). The summed E-state index contributed by atoms with van der Waals surface area (Å²) < 4.78 is 7.32. The van der Waals surface area contributed by atoms with E-state index >= 15 is 0 Å². The van der Waals surface area contributed by atoms with E-state index in [0.717, 1.165) is 28.1 Å². The zero-order valence-electron chi connectivity index (χ0n) is 14.0. The van der Waals surface area contributed by atoms with Crippen LogP contribution in [0.15, 0.2) is 40.9 Å². The van der Waals surface area contributed by atoms with E-state index in [0.29, 0.717) is 23.7 Å². The van der Waals surface area contributed by atoms with Crippen LogP contribution in [0, 0.1) is 13.8 Å². The molecule has 25 heavy (non-hydrogen) atoms. The van der Waals surface area contributed by atoms with Crippen LogP contribution >= 0.6 is 0 Å². The fourth-order valence-electron chi connectivity index (χ4n) is 2.99. The number of rotatable bonds is 3. The number of nitrogen functional groups attached to an aromatic ring is 2. The SMILES string of the molecule is Cc1cc(N)cc(Cc2cnn3c(-c4ccc(C)o4)nc(N)nc23)c1. The number of furan rings is 1. The molecule has 0 aliphatic heterocycles. The van der Waals surface area contributed by atoms with Gasteiger partial charge in [-0.3, -0.25) is 0 Å². The third-order valence-corrected chi connectivity index (χ3v) is 3.97. The molecule has 0 radical (unpaired) electrons. The predicted molar refractivity (Wildman–Crippen MR) is 96.0 cm³/mol. The highest BCUT2D eigenvalue weighted by atomic mass is 16.3. The van der Waals surface area contributed by atoms with Gasteiger partial charge < -0.3 is 15.9 Å². The van der Waals surface area contributed by atoms with Crippen LogP contribution in [0.3, 0.4) is 0 Å². The summed E-state index contributed by atoms with van der Waals surface area (Å²) in [5.41, 5.74) is 16.4. The van der Waals surface area contributed by atoms with Crippen LogP contribution in [0.5, 0.6) is 0 Å². The second-order valence-corrected chi connectivity index (χ2v) is 6.15. The molecule has 0 spiro atoms. The maximum Gasteiger partial charge on any atom is 0.224 e. The van der Waals surface area contributed by atoms with Crippen molar-refractivity contribution < 1.29 is 4.42 Å². The van der Waals surface area contributed by atoms with Gasteiger partial charge in [-0.2, -0.15) is 19.6 Å². The average Bonchev–Trinajstić information content (AvgIpc) is 3.13. The highest BCUT2D eigenvalue weighted by Gasteiger charge is 2.16. The van der Waals surface area contributed by atoms with Gasteiger partial charge in [-0.15, -0.1) is 0 Å². The van der Waals surface area contributed by atoms with E-state index in [-0.39, 0.29) is 5.95 Å². The molecular formula is C18H18N6O. The number of fused-ring (bicyclic) bond motifs is 1. The smallest absolute Gasteiger partial charge is 0.224 e. The van der Waals surface area contributed by atoms with Gasteiger partial charge in [0.25, 0.3) is 0 Å². The van der Waals surface area contributed by atoms with E-state index in [9.17, 15) is 0 Å². The highest BCUT2D eigenvalue weighted by molar-refractivity contribution is 5.59. The highest BCUT2D eigenvalue weighted by Crippen LogP contribution is 2.24. The molecule has 0 amide bonds. The third-order valence-electron chi connectivity index (χ3n) is 3.97. The van der Waals surface area contributed by atoms with Crippen molar-refractivity contribution in [3.63, 3.8) is 0 Å². The van der Waals surface area contributed by atoms with Crippen molar-refractivity contribution in [3.05, 3.63) is 59.0 Å². The minimum Gasteiger partial charge on any atom is -0.458 e.